The monoisotopic (exact) mass is 289 g/mol. The number of hydrogen-bond acceptors (Lipinski definition) is 3. The molecule has 1 heterocycles. The van der Waals surface area contributed by atoms with Crippen molar-refractivity contribution in [1.29, 1.82) is 0 Å². The Morgan fingerprint density at radius 3 is 2.86 bits per heavy atom. The van der Waals surface area contributed by atoms with Crippen LogP contribution in [0.1, 0.15) is 57.1 Å². The van der Waals surface area contributed by atoms with Crippen LogP contribution in [0.5, 0.6) is 11.5 Å². The zero-order valence-corrected chi connectivity index (χ0v) is 13.3. The number of nitrogens with one attached hydrogen (secondary N) is 1. The molecule has 0 bridgehead atoms. The Morgan fingerprint density at radius 2 is 2.14 bits per heavy atom. The van der Waals surface area contributed by atoms with Crippen LogP contribution in [0.3, 0.4) is 0 Å². The summed E-state index contributed by atoms with van der Waals surface area (Å²) in [7, 11) is 1.72. The third-order valence-corrected chi connectivity index (χ3v) is 5.39. The Bertz CT molecular complexity index is 480. The van der Waals surface area contributed by atoms with Gasteiger partial charge >= 0.3 is 0 Å². The van der Waals surface area contributed by atoms with E-state index >= 15 is 0 Å². The average Bonchev–Trinajstić information content (AvgIpc) is 3.02. The van der Waals surface area contributed by atoms with E-state index in [0.717, 1.165) is 31.1 Å². The normalized spacial score (nSPS) is 23.4. The minimum Gasteiger partial charge on any atom is -0.497 e. The maximum Gasteiger partial charge on any atom is 0.124 e. The molecule has 1 atom stereocenters. The van der Waals surface area contributed by atoms with E-state index in [4.69, 9.17) is 9.47 Å². The van der Waals surface area contributed by atoms with Crippen LogP contribution < -0.4 is 14.8 Å². The summed E-state index contributed by atoms with van der Waals surface area (Å²) in [4.78, 5) is 0. The Kier molecular flexibility index (Phi) is 4.39. The molecule has 0 aromatic heterocycles. The van der Waals surface area contributed by atoms with Gasteiger partial charge in [0.1, 0.15) is 11.5 Å². The van der Waals surface area contributed by atoms with Crippen LogP contribution in [-0.2, 0) is 0 Å². The third kappa shape index (κ3) is 3.03. The molecule has 1 aromatic rings. The van der Waals surface area contributed by atoms with Gasteiger partial charge in [0.15, 0.2) is 0 Å². The summed E-state index contributed by atoms with van der Waals surface area (Å²) in [6.45, 7) is 4.27. The summed E-state index contributed by atoms with van der Waals surface area (Å²) in [6.07, 6.45) is 7.88. The Morgan fingerprint density at radius 1 is 1.33 bits per heavy atom. The Labute approximate surface area is 128 Å². The fraction of sp³-hybridized carbons (Fsp3) is 0.667. The number of methoxy groups -OCH3 is 1. The molecule has 2 aliphatic rings. The van der Waals surface area contributed by atoms with Gasteiger partial charge in [-0.2, -0.15) is 0 Å². The number of benzene rings is 1. The van der Waals surface area contributed by atoms with Gasteiger partial charge in [-0.3, -0.25) is 0 Å². The zero-order valence-electron chi connectivity index (χ0n) is 13.3. The van der Waals surface area contributed by atoms with Crippen LogP contribution in [0.4, 0.5) is 0 Å². The van der Waals surface area contributed by atoms with Crippen LogP contribution in [0.15, 0.2) is 18.2 Å². The van der Waals surface area contributed by atoms with Crippen LogP contribution >= 0.6 is 0 Å². The van der Waals surface area contributed by atoms with E-state index in [2.05, 4.69) is 18.3 Å². The molecule has 1 unspecified atom stereocenters. The highest BCUT2D eigenvalue weighted by atomic mass is 16.5. The summed E-state index contributed by atoms with van der Waals surface area (Å²) in [5.74, 6) is 1.92. The molecular weight excluding hydrogens is 262 g/mol. The van der Waals surface area contributed by atoms with Crippen molar-refractivity contribution in [3.05, 3.63) is 23.8 Å². The highest BCUT2D eigenvalue weighted by Gasteiger charge is 2.33. The molecule has 3 heteroatoms. The van der Waals surface area contributed by atoms with Gasteiger partial charge in [-0.05, 0) is 42.9 Å². The van der Waals surface area contributed by atoms with E-state index in [-0.39, 0.29) is 0 Å². The molecular formula is C18H27NO2. The topological polar surface area (TPSA) is 30.5 Å². The second kappa shape index (κ2) is 6.27. The van der Waals surface area contributed by atoms with Crippen LogP contribution in [0.25, 0.3) is 0 Å². The van der Waals surface area contributed by atoms with Crippen molar-refractivity contribution in [2.24, 2.45) is 5.41 Å². The summed E-state index contributed by atoms with van der Waals surface area (Å²) in [5, 5.41) is 3.83. The lowest BCUT2D eigenvalue weighted by molar-refractivity contribution is 0.216. The molecule has 0 saturated heterocycles. The number of ether oxygens (including phenoxy) is 2. The van der Waals surface area contributed by atoms with E-state index < -0.39 is 0 Å². The predicted octanol–water partition coefficient (Wildman–Crippen LogP) is 4.08. The van der Waals surface area contributed by atoms with Gasteiger partial charge in [-0.15, -0.1) is 0 Å². The van der Waals surface area contributed by atoms with Gasteiger partial charge in [0.2, 0.25) is 0 Å². The third-order valence-electron chi connectivity index (χ3n) is 5.39. The summed E-state index contributed by atoms with van der Waals surface area (Å²) in [5.41, 5.74) is 1.78. The van der Waals surface area contributed by atoms with Crippen molar-refractivity contribution in [2.75, 3.05) is 20.3 Å². The van der Waals surface area contributed by atoms with Crippen molar-refractivity contribution in [3.8, 4) is 11.5 Å². The quantitative estimate of drug-likeness (QED) is 0.886. The molecule has 1 aromatic carbocycles. The fourth-order valence-corrected chi connectivity index (χ4v) is 3.83. The zero-order chi connectivity index (χ0) is 14.7. The van der Waals surface area contributed by atoms with Crippen molar-refractivity contribution in [1.82, 2.24) is 5.32 Å². The molecule has 1 aliphatic carbocycles. The molecule has 3 nitrogen and oxygen atoms in total. The number of hydrogen-bond donors (Lipinski definition) is 1. The second-order valence-electron chi connectivity index (χ2n) is 6.54. The SMILES string of the molecule is CCC1(CNC2CCOc3ccc(OC)cc32)CCCC1. The first kappa shape index (κ1) is 14.7. The van der Waals surface area contributed by atoms with Gasteiger partial charge in [0.05, 0.1) is 13.7 Å². The molecule has 116 valence electrons. The van der Waals surface area contributed by atoms with E-state index in [0.29, 0.717) is 11.5 Å². The summed E-state index contributed by atoms with van der Waals surface area (Å²) in [6, 6.07) is 6.53. The van der Waals surface area contributed by atoms with Crippen molar-refractivity contribution in [3.63, 3.8) is 0 Å². The molecule has 3 rings (SSSR count). The molecule has 0 amide bonds. The molecule has 0 spiro atoms. The lowest BCUT2D eigenvalue weighted by atomic mass is 9.83. The van der Waals surface area contributed by atoms with E-state index in [9.17, 15) is 0 Å². The van der Waals surface area contributed by atoms with E-state index in [1.165, 1.54) is 37.7 Å². The molecule has 1 fully saturated rings. The summed E-state index contributed by atoms with van der Waals surface area (Å²) < 4.78 is 11.1. The minimum absolute atomic E-state index is 0.396. The van der Waals surface area contributed by atoms with Gasteiger partial charge in [-0.1, -0.05) is 19.8 Å². The van der Waals surface area contributed by atoms with Gasteiger partial charge < -0.3 is 14.8 Å². The average molecular weight is 289 g/mol. The van der Waals surface area contributed by atoms with Crippen molar-refractivity contribution in [2.45, 2.75) is 51.5 Å². The highest BCUT2D eigenvalue weighted by molar-refractivity contribution is 5.43. The molecule has 1 aliphatic heterocycles. The first-order chi connectivity index (χ1) is 10.3. The van der Waals surface area contributed by atoms with Crippen molar-refractivity contribution < 1.29 is 9.47 Å². The van der Waals surface area contributed by atoms with E-state index in [1.807, 2.05) is 12.1 Å². The fourth-order valence-electron chi connectivity index (χ4n) is 3.83. The second-order valence-corrected chi connectivity index (χ2v) is 6.54. The van der Waals surface area contributed by atoms with Gasteiger partial charge in [0.25, 0.3) is 0 Å². The van der Waals surface area contributed by atoms with Crippen LogP contribution in [0, 0.1) is 5.41 Å². The van der Waals surface area contributed by atoms with Crippen molar-refractivity contribution >= 4 is 0 Å². The smallest absolute Gasteiger partial charge is 0.124 e. The first-order valence-electron chi connectivity index (χ1n) is 8.30. The largest absolute Gasteiger partial charge is 0.497 e. The Hall–Kier alpha value is -1.22. The van der Waals surface area contributed by atoms with Crippen LogP contribution in [0.2, 0.25) is 0 Å². The van der Waals surface area contributed by atoms with Gasteiger partial charge in [0, 0.05) is 24.6 Å². The predicted molar refractivity (Wildman–Crippen MR) is 85.0 cm³/mol. The molecule has 21 heavy (non-hydrogen) atoms. The molecule has 1 saturated carbocycles. The lowest BCUT2D eigenvalue weighted by Gasteiger charge is -2.33. The van der Waals surface area contributed by atoms with Gasteiger partial charge in [-0.25, -0.2) is 0 Å². The lowest BCUT2D eigenvalue weighted by Crippen LogP contribution is -2.36. The maximum atomic E-state index is 5.78. The number of fused-ring (bicyclic) bond motifs is 1. The Balaban J connectivity index is 1.72. The van der Waals surface area contributed by atoms with E-state index in [1.54, 1.807) is 7.11 Å². The molecule has 1 N–H and O–H groups in total. The summed E-state index contributed by atoms with van der Waals surface area (Å²) >= 11 is 0. The minimum atomic E-state index is 0.396. The number of rotatable bonds is 5. The highest BCUT2D eigenvalue weighted by Crippen LogP contribution is 2.42. The first-order valence-corrected chi connectivity index (χ1v) is 8.30. The molecule has 0 radical (unpaired) electrons. The van der Waals surface area contributed by atoms with Crippen LogP contribution in [-0.4, -0.2) is 20.3 Å². The standard InChI is InChI=1S/C18H27NO2/c1-3-18(9-4-5-10-18)13-19-16-8-11-21-17-7-6-14(20-2)12-15(16)17/h6-7,12,16,19H,3-5,8-11,13H2,1-2H3. The maximum absolute atomic E-state index is 5.78.